The van der Waals surface area contributed by atoms with Crippen LogP contribution in [0.2, 0.25) is 0 Å². The maximum atomic E-state index is 12.7. The molecule has 2 aromatic carbocycles. The number of amides is 1. The van der Waals surface area contributed by atoms with E-state index in [1.807, 2.05) is 18.2 Å². The summed E-state index contributed by atoms with van der Waals surface area (Å²) in [6, 6.07) is 15.5. The number of aliphatic hydroxyl groups excluding tert-OH is 1. The van der Waals surface area contributed by atoms with Gasteiger partial charge in [-0.05, 0) is 31.5 Å². The molecular formula is C24H24N4O4S. The number of hydrogen-bond acceptors (Lipinski definition) is 6. The number of carbonyl (C=O) groups is 1. The first kappa shape index (κ1) is 22.6. The molecule has 0 fully saturated rings. The van der Waals surface area contributed by atoms with Gasteiger partial charge in [-0.3, -0.25) is 4.79 Å². The van der Waals surface area contributed by atoms with E-state index in [0.717, 1.165) is 0 Å². The van der Waals surface area contributed by atoms with E-state index in [4.69, 9.17) is 0 Å². The van der Waals surface area contributed by atoms with E-state index >= 15 is 0 Å². The Hall–Kier alpha value is -3.56. The van der Waals surface area contributed by atoms with Crippen molar-refractivity contribution in [1.82, 2.24) is 20.3 Å². The third kappa shape index (κ3) is 4.64. The minimum Gasteiger partial charge on any atom is -0.387 e. The predicted molar refractivity (Wildman–Crippen MR) is 125 cm³/mol. The van der Waals surface area contributed by atoms with Gasteiger partial charge in [0.2, 0.25) is 0 Å². The molecule has 8 nitrogen and oxygen atoms in total. The minimum atomic E-state index is -3.37. The van der Waals surface area contributed by atoms with Crippen LogP contribution in [0.15, 0.2) is 71.9 Å². The third-order valence-electron chi connectivity index (χ3n) is 5.36. The van der Waals surface area contributed by atoms with Crippen molar-refractivity contribution in [2.45, 2.75) is 30.1 Å². The van der Waals surface area contributed by atoms with E-state index in [9.17, 15) is 18.3 Å². The summed E-state index contributed by atoms with van der Waals surface area (Å²) in [6.45, 7) is 3.33. The van der Waals surface area contributed by atoms with E-state index in [1.165, 1.54) is 6.20 Å². The van der Waals surface area contributed by atoms with Crippen LogP contribution in [0, 0.1) is 0 Å². The van der Waals surface area contributed by atoms with Crippen LogP contribution in [-0.4, -0.2) is 46.2 Å². The second kappa shape index (κ2) is 9.13. The Balaban J connectivity index is 1.56. The zero-order chi connectivity index (χ0) is 23.6. The van der Waals surface area contributed by atoms with E-state index in [2.05, 4.69) is 20.3 Å². The van der Waals surface area contributed by atoms with Crippen LogP contribution >= 0.6 is 0 Å². The second-order valence-corrected chi connectivity index (χ2v) is 10.4. The lowest BCUT2D eigenvalue weighted by Gasteiger charge is -2.12. The van der Waals surface area contributed by atoms with E-state index in [0.29, 0.717) is 33.5 Å². The molecule has 0 aliphatic rings. The lowest BCUT2D eigenvalue weighted by molar-refractivity contribution is 0.0918. The van der Waals surface area contributed by atoms with Gasteiger partial charge in [0.1, 0.15) is 5.52 Å². The van der Waals surface area contributed by atoms with Gasteiger partial charge in [-0.1, -0.05) is 42.5 Å². The predicted octanol–water partition coefficient (Wildman–Crippen LogP) is 3.27. The molecule has 2 heterocycles. The summed E-state index contributed by atoms with van der Waals surface area (Å²) in [5, 5.41) is 12.5. The Morgan fingerprint density at radius 2 is 1.79 bits per heavy atom. The number of nitrogens with one attached hydrogen (secondary N) is 2. The molecule has 0 radical (unpaired) electrons. The number of aliphatic hydroxyl groups is 1. The standard InChI is InChI=1S/C24H24N4O4S/c1-15(2)33(31,32)18-10-8-16(9-11-18)20-13-26-23-22(28-20)19(12-25-23)24(30)27-14-21(29)17-6-4-3-5-7-17/h3-13,15,21,29H,14H2,1-2H3,(H,25,26)(H,27,30)/t21-/m1/s1. The van der Waals surface area contributed by atoms with Crippen LogP contribution in [0.3, 0.4) is 0 Å². The summed E-state index contributed by atoms with van der Waals surface area (Å²) in [7, 11) is -3.37. The molecule has 170 valence electrons. The Labute approximate surface area is 191 Å². The highest BCUT2D eigenvalue weighted by atomic mass is 32.2. The molecule has 3 N–H and O–H groups in total. The lowest BCUT2D eigenvalue weighted by atomic mass is 10.1. The first-order valence-electron chi connectivity index (χ1n) is 10.5. The third-order valence-corrected chi connectivity index (χ3v) is 7.54. The average molecular weight is 465 g/mol. The molecule has 1 amide bonds. The van der Waals surface area contributed by atoms with Crippen LogP contribution in [0.1, 0.15) is 35.9 Å². The molecule has 4 rings (SSSR count). The van der Waals surface area contributed by atoms with Crippen LogP contribution in [0.5, 0.6) is 0 Å². The summed E-state index contributed by atoms with van der Waals surface area (Å²) in [5.41, 5.74) is 3.04. The number of fused-ring (bicyclic) bond motifs is 1. The van der Waals surface area contributed by atoms with Gasteiger partial charge < -0.3 is 15.4 Å². The normalized spacial score (nSPS) is 12.7. The number of sulfone groups is 1. The summed E-state index contributed by atoms with van der Waals surface area (Å²) in [6.07, 6.45) is 2.26. The van der Waals surface area contributed by atoms with Crippen molar-refractivity contribution in [2.24, 2.45) is 0 Å². The van der Waals surface area contributed by atoms with Gasteiger partial charge >= 0.3 is 0 Å². The van der Waals surface area contributed by atoms with Crippen molar-refractivity contribution in [3.05, 3.63) is 78.1 Å². The van der Waals surface area contributed by atoms with Crippen molar-refractivity contribution in [2.75, 3.05) is 6.54 Å². The fraction of sp³-hybridized carbons (Fsp3) is 0.208. The van der Waals surface area contributed by atoms with Crippen molar-refractivity contribution < 1.29 is 18.3 Å². The Morgan fingerprint density at radius 3 is 2.45 bits per heavy atom. The molecule has 0 saturated heterocycles. The number of rotatable bonds is 7. The zero-order valence-corrected chi connectivity index (χ0v) is 19.0. The molecule has 0 saturated carbocycles. The zero-order valence-electron chi connectivity index (χ0n) is 18.2. The molecule has 2 aromatic heterocycles. The Bertz CT molecular complexity index is 1380. The smallest absolute Gasteiger partial charge is 0.255 e. The van der Waals surface area contributed by atoms with Crippen molar-refractivity contribution in [3.63, 3.8) is 0 Å². The fourth-order valence-corrected chi connectivity index (χ4v) is 4.43. The first-order chi connectivity index (χ1) is 15.8. The highest BCUT2D eigenvalue weighted by molar-refractivity contribution is 7.92. The minimum absolute atomic E-state index is 0.0500. The van der Waals surface area contributed by atoms with Crippen molar-refractivity contribution in [3.8, 4) is 11.3 Å². The number of H-pyrrole nitrogens is 1. The van der Waals surface area contributed by atoms with Gasteiger partial charge in [0.15, 0.2) is 15.5 Å². The largest absolute Gasteiger partial charge is 0.387 e. The maximum Gasteiger partial charge on any atom is 0.255 e. The molecule has 0 bridgehead atoms. The molecule has 0 spiro atoms. The molecule has 0 aliphatic heterocycles. The van der Waals surface area contributed by atoms with Gasteiger partial charge in [0, 0.05) is 18.3 Å². The van der Waals surface area contributed by atoms with Crippen LogP contribution in [0.4, 0.5) is 0 Å². The molecule has 0 aliphatic carbocycles. The molecule has 4 aromatic rings. The van der Waals surface area contributed by atoms with Gasteiger partial charge in [-0.25, -0.2) is 18.4 Å². The Kier molecular flexibility index (Phi) is 6.26. The van der Waals surface area contributed by atoms with Gasteiger partial charge in [-0.15, -0.1) is 0 Å². The molecule has 9 heteroatoms. The second-order valence-electron chi connectivity index (χ2n) is 7.91. The summed E-state index contributed by atoms with van der Waals surface area (Å²) >= 11 is 0. The van der Waals surface area contributed by atoms with Crippen LogP contribution < -0.4 is 5.32 Å². The first-order valence-corrected chi connectivity index (χ1v) is 12.0. The molecule has 0 unspecified atom stereocenters. The van der Waals surface area contributed by atoms with Crippen molar-refractivity contribution in [1.29, 1.82) is 0 Å². The summed E-state index contributed by atoms with van der Waals surface area (Å²) < 4.78 is 24.7. The van der Waals surface area contributed by atoms with Crippen LogP contribution in [0.25, 0.3) is 22.4 Å². The SMILES string of the molecule is CC(C)S(=O)(=O)c1ccc(-c2cnc3[nH]cc(C(=O)NC[C@@H](O)c4ccccc4)c3n2)cc1. The number of aromatic amines is 1. The quantitative estimate of drug-likeness (QED) is 0.385. The number of benzene rings is 2. The average Bonchev–Trinajstić information content (AvgIpc) is 3.26. The van der Waals surface area contributed by atoms with Crippen LogP contribution in [-0.2, 0) is 9.84 Å². The lowest BCUT2D eigenvalue weighted by Crippen LogP contribution is -2.28. The number of carbonyl (C=O) groups excluding carboxylic acids is 1. The number of nitrogens with zero attached hydrogens (tertiary/aromatic N) is 2. The van der Waals surface area contributed by atoms with Gasteiger partial charge in [0.25, 0.3) is 5.91 Å². The molecular weight excluding hydrogens is 440 g/mol. The van der Waals surface area contributed by atoms with E-state index in [1.54, 1.807) is 56.4 Å². The summed E-state index contributed by atoms with van der Waals surface area (Å²) in [4.78, 5) is 24.8. The van der Waals surface area contributed by atoms with E-state index < -0.39 is 21.2 Å². The Morgan fingerprint density at radius 1 is 1.09 bits per heavy atom. The maximum absolute atomic E-state index is 12.7. The monoisotopic (exact) mass is 464 g/mol. The number of hydrogen-bond donors (Lipinski definition) is 3. The van der Waals surface area contributed by atoms with Gasteiger partial charge in [-0.2, -0.15) is 0 Å². The van der Waals surface area contributed by atoms with Crippen molar-refractivity contribution >= 4 is 26.9 Å². The van der Waals surface area contributed by atoms with E-state index in [-0.39, 0.29) is 17.3 Å². The number of aromatic nitrogens is 3. The molecule has 1 atom stereocenters. The highest BCUT2D eigenvalue weighted by Crippen LogP contribution is 2.24. The summed E-state index contributed by atoms with van der Waals surface area (Å²) in [5.74, 6) is -0.388. The fourth-order valence-electron chi connectivity index (χ4n) is 3.37. The topological polar surface area (TPSA) is 125 Å². The molecule has 33 heavy (non-hydrogen) atoms. The van der Waals surface area contributed by atoms with Gasteiger partial charge in [0.05, 0.1) is 33.7 Å². The highest BCUT2D eigenvalue weighted by Gasteiger charge is 2.20.